The van der Waals surface area contributed by atoms with Gasteiger partial charge in [-0.2, -0.15) is 20.6 Å². The molecule has 0 saturated heterocycles. The number of nitrogens with one attached hydrogen (secondary N) is 1. The Morgan fingerprint density at radius 2 is 2.14 bits per heavy atom. The van der Waals surface area contributed by atoms with Crippen molar-refractivity contribution >= 4 is 11.6 Å². The first-order valence-corrected chi connectivity index (χ1v) is 8.97. The number of ether oxygens (including phenoxy) is 1. The number of nitriles is 2. The van der Waals surface area contributed by atoms with Crippen molar-refractivity contribution in [2.75, 3.05) is 11.9 Å². The molecule has 0 aromatic carbocycles. The van der Waals surface area contributed by atoms with Gasteiger partial charge < -0.3 is 10.1 Å². The van der Waals surface area contributed by atoms with E-state index >= 15 is 0 Å². The molecule has 0 unspecified atom stereocenters. The van der Waals surface area contributed by atoms with Gasteiger partial charge in [-0.1, -0.05) is 0 Å². The highest BCUT2D eigenvalue weighted by atomic mass is 19.1. The maximum Gasteiger partial charge on any atom is 0.236 e. The standard InChI is InChI=1S/C19H22FN7O/c1-12-15(9-27(26-12)18(2,3)11-22)24-17-23-8-14(7-21)16(25-17)28-10-13-5-19(4,20)6-13/h8-9,13H,5-6,10H2,1-4H3,(H,23,24,25). The fourth-order valence-corrected chi connectivity index (χ4v) is 3.11. The van der Waals surface area contributed by atoms with Crippen molar-refractivity contribution in [2.24, 2.45) is 5.92 Å². The average Bonchev–Trinajstić information content (AvgIpc) is 2.99. The third-order valence-electron chi connectivity index (χ3n) is 4.75. The highest BCUT2D eigenvalue weighted by Crippen LogP contribution is 2.40. The highest BCUT2D eigenvalue weighted by molar-refractivity contribution is 5.56. The van der Waals surface area contributed by atoms with Crippen LogP contribution >= 0.6 is 0 Å². The van der Waals surface area contributed by atoms with Crippen LogP contribution in [0, 0.1) is 35.5 Å². The number of aryl methyl sites for hydroxylation is 1. The van der Waals surface area contributed by atoms with Crippen LogP contribution in [0.25, 0.3) is 0 Å². The van der Waals surface area contributed by atoms with E-state index in [0.717, 1.165) is 0 Å². The van der Waals surface area contributed by atoms with Crippen molar-refractivity contribution in [3.8, 4) is 18.0 Å². The van der Waals surface area contributed by atoms with Crippen molar-refractivity contribution in [1.82, 2.24) is 19.7 Å². The van der Waals surface area contributed by atoms with E-state index in [2.05, 4.69) is 26.5 Å². The molecule has 2 heterocycles. The number of alkyl halides is 1. The second-order valence-electron chi connectivity index (χ2n) is 7.89. The predicted octanol–water partition coefficient (Wildman–Crippen LogP) is 3.37. The van der Waals surface area contributed by atoms with Crippen LogP contribution in [0.2, 0.25) is 0 Å². The molecule has 1 aliphatic carbocycles. The van der Waals surface area contributed by atoms with E-state index in [1.165, 1.54) is 6.20 Å². The smallest absolute Gasteiger partial charge is 0.236 e. The van der Waals surface area contributed by atoms with Gasteiger partial charge in [0.25, 0.3) is 0 Å². The van der Waals surface area contributed by atoms with Gasteiger partial charge in [0.2, 0.25) is 11.8 Å². The van der Waals surface area contributed by atoms with Gasteiger partial charge in [0.05, 0.1) is 36.5 Å². The number of halogens is 1. The zero-order valence-electron chi connectivity index (χ0n) is 16.3. The molecular formula is C19H22FN7O. The summed E-state index contributed by atoms with van der Waals surface area (Å²) in [5, 5.41) is 25.9. The molecule has 0 spiro atoms. The van der Waals surface area contributed by atoms with E-state index in [4.69, 9.17) is 4.74 Å². The molecule has 0 atom stereocenters. The summed E-state index contributed by atoms with van der Waals surface area (Å²) in [4.78, 5) is 8.41. The molecule has 0 bridgehead atoms. The molecule has 28 heavy (non-hydrogen) atoms. The summed E-state index contributed by atoms with van der Waals surface area (Å²) in [5.41, 5.74) is -0.384. The molecule has 0 amide bonds. The number of aromatic nitrogens is 4. The average molecular weight is 383 g/mol. The Hall–Kier alpha value is -3.20. The van der Waals surface area contributed by atoms with Crippen LogP contribution in [-0.4, -0.2) is 32.0 Å². The Labute approximate surface area is 163 Å². The number of nitrogens with zero attached hydrogens (tertiary/aromatic N) is 6. The molecule has 2 aromatic heterocycles. The Kier molecular flexibility index (Phi) is 4.95. The number of hydrogen-bond acceptors (Lipinski definition) is 7. The summed E-state index contributed by atoms with van der Waals surface area (Å²) in [6.07, 6.45) is 3.97. The number of rotatable bonds is 6. The SMILES string of the molecule is Cc1nn(C(C)(C)C#N)cc1Nc1ncc(C#N)c(OCC2CC(C)(F)C2)n1. The highest BCUT2D eigenvalue weighted by Gasteiger charge is 2.40. The molecule has 0 aliphatic heterocycles. The van der Waals surface area contributed by atoms with Gasteiger partial charge in [0.1, 0.15) is 22.8 Å². The van der Waals surface area contributed by atoms with Crippen molar-refractivity contribution in [2.45, 2.75) is 51.7 Å². The lowest BCUT2D eigenvalue weighted by atomic mass is 9.74. The van der Waals surface area contributed by atoms with Gasteiger partial charge in [-0.15, -0.1) is 0 Å². The van der Waals surface area contributed by atoms with Gasteiger partial charge in [0, 0.05) is 0 Å². The largest absolute Gasteiger partial charge is 0.476 e. The Morgan fingerprint density at radius 3 is 2.75 bits per heavy atom. The van der Waals surface area contributed by atoms with E-state index in [1.807, 2.05) is 6.07 Å². The van der Waals surface area contributed by atoms with Crippen molar-refractivity contribution in [1.29, 1.82) is 10.5 Å². The maximum atomic E-state index is 13.6. The summed E-state index contributed by atoms with van der Waals surface area (Å²) in [6, 6.07) is 4.19. The van der Waals surface area contributed by atoms with E-state index in [9.17, 15) is 14.9 Å². The minimum atomic E-state index is -1.13. The topological polar surface area (TPSA) is 112 Å². The number of hydrogen-bond donors (Lipinski definition) is 1. The normalized spacial score (nSPS) is 21.3. The monoisotopic (exact) mass is 383 g/mol. The molecule has 0 radical (unpaired) electrons. The molecule has 3 rings (SSSR count). The Balaban J connectivity index is 1.75. The predicted molar refractivity (Wildman–Crippen MR) is 99.7 cm³/mol. The zero-order valence-corrected chi connectivity index (χ0v) is 16.3. The van der Waals surface area contributed by atoms with Gasteiger partial charge in [-0.3, -0.25) is 4.68 Å². The number of anilines is 2. The van der Waals surface area contributed by atoms with E-state index < -0.39 is 11.2 Å². The zero-order chi connectivity index (χ0) is 20.5. The quantitative estimate of drug-likeness (QED) is 0.813. The summed E-state index contributed by atoms with van der Waals surface area (Å²) >= 11 is 0. The molecule has 1 fully saturated rings. The molecular weight excluding hydrogens is 361 g/mol. The molecule has 146 valence electrons. The van der Waals surface area contributed by atoms with Crippen LogP contribution in [0.1, 0.15) is 44.9 Å². The third kappa shape index (κ3) is 4.04. The first-order valence-electron chi connectivity index (χ1n) is 8.97. The minimum Gasteiger partial charge on any atom is -0.476 e. The molecule has 1 aliphatic rings. The van der Waals surface area contributed by atoms with Crippen LogP contribution in [0.3, 0.4) is 0 Å². The second-order valence-corrected chi connectivity index (χ2v) is 7.89. The third-order valence-corrected chi connectivity index (χ3v) is 4.75. The van der Waals surface area contributed by atoms with Gasteiger partial charge in [0.15, 0.2) is 0 Å². The molecule has 1 saturated carbocycles. The van der Waals surface area contributed by atoms with Crippen molar-refractivity contribution in [3.63, 3.8) is 0 Å². The lowest BCUT2D eigenvalue weighted by Gasteiger charge is -2.38. The minimum absolute atomic E-state index is 0.113. The maximum absolute atomic E-state index is 13.6. The Morgan fingerprint density at radius 1 is 1.43 bits per heavy atom. The Bertz CT molecular complexity index is 960. The van der Waals surface area contributed by atoms with Crippen molar-refractivity contribution < 1.29 is 9.13 Å². The summed E-state index contributed by atoms with van der Waals surface area (Å²) < 4.78 is 20.8. The molecule has 9 heteroatoms. The van der Waals surface area contributed by atoms with Gasteiger partial charge in [-0.05, 0) is 46.5 Å². The van der Waals surface area contributed by atoms with Crippen LogP contribution < -0.4 is 10.1 Å². The molecule has 8 nitrogen and oxygen atoms in total. The van der Waals surface area contributed by atoms with Crippen LogP contribution in [0.15, 0.2) is 12.4 Å². The van der Waals surface area contributed by atoms with Crippen LogP contribution in [-0.2, 0) is 5.54 Å². The molecule has 1 N–H and O–H groups in total. The van der Waals surface area contributed by atoms with E-state index in [-0.39, 0.29) is 23.3 Å². The van der Waals surface area contributed by atoms with Gasteiger partial charge >= 0.3 is 0 Å². The van der Waals surface area contributed by atoms with Gasteiger partial charge in [-0.25, -0.2) is 9.37 Å². The summed E-state index contributed by atoms with van der Waals surface area (Å²) in [6.45, 7) is 7.20. The summed E-state index contributed by atoms with van der Waals surface area (Å²) in [7, 11) is 0. The molecule has 2 aromatic rings. The first-order chi connectivity index (χ1) is 13.1. The summed E-state index contributed by atoms with van der Waals surface area (Å²) in [5.74, 6) is 0.520. The lowest BCUT2D eigenvalue weighted by molar-refractivity contribution is 0.00158. The fraction of sp³-hybridized carbons (Fsp3) is 0.526. The van der Waals surface area contributed by atoms with E-state index in [0.29, 0.717) is 30.8 Å². The first kappa shape index (κ1) is 19.6. The van der Waals surface area contributed by atoms with E-state index in [1.54, 1.807) is 38.6 Å². The fourth-order valence-electron chi connectivity index (χ4n) is 3.11. The van der Waals surface area contributed by atoms with Crippen LogP contribution in [0.5, 0.6) is 5.88 Å². The second kappa shape index (κ2) is 7.08. The lowest BCUT2D eigenvalue weighted by Crippen LogP contribution is -2.39. The van der Waals surface area contributed by atoms with Crippen molar-refractivity contribution in [3.05, 3.63) is 23.7 Å². The van der Waals surface area contributed by atoms with Crippen LogP contribution in [0.4, 0.5) is 16.0 Å².